The van der Waals surface area contributed by atoms with Crippen LogP contribution in [0.4, 0.5) is 10.1 Å². The highest BCUT2D eigenvalue weighted by Gasteiger charge is 2.47. The minimum Gasteiger partial charge on any atom is -0.381 e. The third-order valence-corrected chi connectivity index (χ3v) is 6.19. The molecule has 4 rings (SSSR count). The fourth-order valence-corrected chi connectivity index (χ4v) is 4.68. The van der Waals surface area contributed by atoms with Crippen LogP contribution in [-0.4, -0.2) is 35.0 Å². The quantitative estimate of drug-likeness (QED) is 0.794. The Morgan fingerprint density at radius 2 is 2.25 bits per heavy atom. The molecule has 1 aromatic heterocycles. The highest BCUT2D eigenvalue weighted by atomic mass is 35.5. The lowest BCUT2D eigenvalue weighted by atomic mass is 9.75. The Kier molecular flexibility index (Phi) is 5.27. The predicted molar refractivity (Wildman–Crippen MR) is 108 cm³/mol. The number of nitrogens with zero attached hydrogens (tertiary/aromatic N) is 2. The van der Waals surface area contributed by atoms with Crippen molar-refractivity contribution in [2.24, 2.45) is 16.6 Å². The molecule has 0 radical (unpaired) electrons. The Bertz CT molecular complexity index is 940. The Hall–Kier alpha value is -2.16. The molecule has 0 aliphatic carbocycles. The third-order valence-electron chi connectivity index (χ3n) is 5.01. The number of thioether (sulfide) groups is 1. The summed E-state index contributed by atoms with van der Waals surface area (Å²) in [4.78, 5) is 21.1. The van der Waals surface area contributed by atoms with E-state index >= 15 is 0 Å². The number of aromatic nitrogens is 1. The summed E-state index contributed by atoms with van der Waals surface area (Å²) in [5, 5.41) is 3.64. The van der Waals surface area contributed by atoms with Crippen molar-refractivity contribution in [2.45, 2.75) is 12.0 Å². The molecular formula is C19H18ClFN4O2S. The molecule has 2 aromatic rings. The van der Waals surface area contributed by atoms with Crippen LogP contribution < -0.4 is 11.1 Å². The van der Waals surface area contributed by atoms with E-state index in [1.54, 1.807) is 12.1 Å². The van der Waals surface area contributed by atoms with Gasteiger partial charge in [-0.3, -0.25) is 9.79 Å². The van der Waals surface area contributed by atoms with Crippen LogP contribution in [0.2, 0.25) is 5.02 Å². The van der Waals surface area contributed by atoms with Gasteiger partial charge in [0.05, 0.1) is 17.2 Å². The summed E-state index contributed by atoms with van der Waals surface area (Å²) in [6.45, 7) is 0.969. The van der Waals surface area contributed by atoms with Crippen LogP contribution in [-0.2, 0) is 10.3 Å². The van der Waals surface area contributed by atoms with E-state index in [2.05, 4.69) is 15.3 Å². The fraction of sp³-hybridized carbons (Fsp3) is 0.316. The van der Waals surface area contributed by atoms with Crippen molar-refractivity contribution in [3.63, 3.8) is 0 Å². The molecule has 0 spiro atoms. The largest absolute Gasteiger partial charge is 0.381 e. The number of nitrogens with two attached hydrogens (primary N) is 1. The average Bonchev–Trinajstić information content (AvgIpc) is 2.69. The minimum atomic E-state index is -0.781. The lowest BCUT2D eigenvalue weighted by Crippen LogP contribution is -2.47. The molecule has 1 aromatic carbocycles. The molecule has 28 heavy (non-hydrogen) atoms. The van der Waals surface area contributed by atoms with Crippen molar-refractivity contribution >= 4 is 40.1 Å². The van der Waals surface area contributed by atoms with Crippen molar-refractivity contribution in [1.82, 2.24) is 4.98 Å². The first-order chi connectivity index (χ1) is 13.5. The molecule has 0 saturated carbocycles. The molecule has 1 fully saturated rings. The molecule has 3 heterocycles. The number of fused-ring (bicyclic) bond motifs is 1. The molecule has 9 heteroatoms. The van der Waals surface area contributed by atoms with Gasteiger partial charge in [-0.05, 0) is 30.3 Å². The van der Waals surface area contributed by atoms with Crippen molar-refractivity contribution in [3.8, 4) is 0 Å². The number of anilines is 1. The molecule has 0 bridgehead atoms. The minimum absolute atomic E-state index is 0.0110. The zero-order chi connectivity index (χ0) is 19.7. The summed E-state index contributed by atoms with van der Waals surface area (Å²) in [5.41, 5.74) is 6.30. The van der Waals surface area contributed by atoms with E-state index in [9.17, 15) is 9.18 Å². The van der Waals surface area contributed by atoms with Gasteiger partial charge in [0.25, 0.3) is 5.91 Å². The molecule has 2 atom stereocenters. The van der Waals surface area contributed by atoms with E-state index in [-0.39, 0.29) is 17.4 Å². The van der Waals surface area contributed by atoms with E-state index in [4.69, 9.17) is 22.1 Å². The Balaban J connectivity index is 1.68. The molecule has 3 N–H and O–H groups in total. The van der Waals surface area contributed by atoms with Gasteiger partial charge in [-0.2, -0.15) is 0 Å². The number of carbonyl (C=O) groups is 1. The number of hydrogen-bond acceptors (Lipinski definition) is 6. The summed E-state index contributed by atoms with van der Waals surface area (Å²) in [6, 6.07) is 7.60. The first-order valence-electron chi connectivity index (χ1n) is 8.77. The van der Waals surface area contributed by atoms with Gasteiger partial charge >= 0.3 is 0 Å². The van der Waals surface area contributed by atoms with Gasteiger partial charge in [-0.25, -0.2) is 9.37 Å². The first kappa shape index (κ1) is 19.2. The number of carbonyl (C=O) groups excluding carboxylic acids is 1. The summed E-state index contributed by atoms with van der Waals surface area (Å²) >= 11 is 7.26. The number of amidine groups is 1. The molecule has 1 saturated heterocycles. The normalized spacial score (nSPS) is 24.2. The Morgan fingerprint density at radius 3 is 3.04 bits per heavy atom. The molecule has 2 unspecified atom stereocenters. The summed E-state index contributed by atoms with van der Waals surface area (Å²) < 4.78 is 20.4. The fourth-order valence-electron chi connectivity index (χ4n) is 3.60. The summed E-state index contributed by atoms with van der Waals surface area (Å²) in [5.74, 6) is -0.0626. The Labute approximate surface area is 170 Å². The van der Waals surface area contributed by atoms with E-state index in [0.29, 0.717) is 46.8 Å². The van der Waals surface area contributed by atoms with Gasteiger partial charge in [0, 0.05) is 42.1 Å². The number of halogens is 2. The molecule has 2 aliphatic heterocycles. The second kappa shape index (κ2) is 7.69. The second-order valence-corrected chi connectivity index (χ2v) is 8.19. The third kappa shape index (κ3) is 3.59. The van der Waals surface area contributed by atoms with E-state index in [1.807, 2.05) is 0 Å². The number of benzene rings is 1. The van der Waals surface area contributed by atoms with E-state index in [1.165, 1.54) is 36.2 Å². The number of nitrogens with one attached hydrogen (secondary N) is 1. The first-order valence-corrected chi connectivity index (χ1v) is 10.1. The van der Waals surface area contributed by atoms with Gasteiger partial charge < -0.3 is 15.8 Å². The number of rotatable bonds is 3. The number of hydrogen-bond donors (Lipinski definition) is 2. The van der Waals surface area contributed by atoms with Crippen LogP contribution in [0.15, 0.2) is 41.5 Å². The van der Waals surface area contributed by atoms with Crippen LogP contribution in [0.25, 0.3) is 0 Å². The zero-order valence-corrected chi connectivity index (χ0v) is 16.4. The number of aliphatic imine (C=N–C) groups is 1. The van der Waals surface area contributed by atoms with Gasteiger partial charge in [0.1, 0.15) is 11.5 Å². The SMILES string of the molecule is NC1=NC2(c3cc(NC(=O)c4ccc(Cl)cn4)ccc3F)CCOCC2CS1. The van der Waals surface area contributed by atoms with Crippen LogP contribution in [0, 0.1) is 11.7 Å². The van der Waals surface area contributed by atoms with Crippen LogP contribution in [0.3, 0.4) is 0 Å². The average molecular weight is 421 g/mol. The van der Waals surface area contributed by atoms with E-state index < -0.39 is 11.4 Å². The predicted octanol–water partition coefficient (Wildman–Crippen LogP) is 3.42. The van der Waals surface area contributed by atoms with E-state index in [0.717, 1.165) is 0 Å². The number of pyridine rings is 1. The van der Waals surface area contributed by atoms with Crippen LogP contribution in [0.1, 0.15) is 22.5 Å². The van der Waals surface area contributed by atoms with Gasteiger partial charge in [-0.15, -0.1) is 0 Å². The van der Waals surface area contributed by atoms with Crippen LogP contribution >= 0.6 is 23.4 Å². The lowest BCUT2D eigenvalue weighted by Gasteiger charge is -2.44. The van der Waals surface area contributed by atoms with Crippen molar-refractivity contribution < 1.29 is 13.9 Å². The van der Waals surface area contributed by atoms with Gasteiger partial charge in [0.15, 0.2) is 5.17 Å². The monoisotopic (exact) mass is 420 g/mol. The highest BCUT2D eigenvalue weighted by Crippen LogP contribution is 2.46. The zero-order valence-electron chi connectivity index (χ0n) is 14.8. The maximum atomic E-state index is 14.9. The molecular weight excluding hydrogens is 403 g/mol. The van der Waals surface area contributed by atoms with Gasteiger partial charge in [0.2, 0.25) is 0 Å². The Morgan fingerprint density at radius 1 is 1.39 bits per heavy atom. The molecule has 2 aliphatic rings. The summed E-state index contributed by atoms with van der Waals surface area (Å²) in [6.07, 6.45) is 1.93. The van der Waals surface area contributed by atoms with Crippen molar-refractivity contribution in [3.05, 3.63) is 58.6 Å². The maximum absolute atomic E-state index is 14.9. The smallest absolute Gasteiger partial charge is 0.274 e. The lowest BCUT2D eigenvalue weighted by molar-refractivity contribution is 0.00886. The van der Waals surface area contributed by atoms with Crippen molar-refractivity contribution in [2.75, 3.05) is 24.3 Å². The standard InChI is InChI=1S/C19H18ClFN4O2S/c20-12-1-4-16(23-8-12)17(26)24-13-2-3-15(21)14(7-13)19-5-6-27-9-11(19)10-28-18(22)25-19/h1-4,7-8,11H,5-6,9-10H2,(H2,22,25)(H,24,26). The molecule has 146 valence electrons. The molecule has 6 nitrogen and oxygen atoms in total. The van der Waals surface area contributed by atoms with Crippen LogP contribution in [0.5, 0.6) is 0 Å². The topological polar surface area (TPSA) is 89.6 Å². The number of amides is 1. The van der Waals surface area contributed by atoms with Crippen molar-refractivity contribution in [1.29, 1.82) is 0 Å². The number of ether oxygens (including phenoxy) is 1. The maximum Gasteiger partial charge on any atom is 0.274 e. The van der Waals surface area contributed by atoms with Gasteiger partial charge in [-0.1, -0.05) is 23.4 Å². The highest BCUT2D eigenvalue weighted by molar-refractivity contribution is 8.13. The summed E-state index contributed by atoms with van der Waals surface area (Å²) in [7, 11) is 0. The molecule has 1 amide bonds. The second-order valence-electron chi connectivity index (χ2n) is 6.72.